The van der Waals surface area contributed by atoms with E-state index in [1.54, 1.807) is 11.3 Å². The molecular formula is C7H7ClN2S. The molecule has 1 aromatic heterocycles. The zero-order valence-corrected chi connectivity index (χ0v) is 7.37. The molecule has 0 bridgehead atoms. The Kier molecular flexibility index (Phi) is 3.21. The van der Waals surface area contributed by atoms with E-state index in [4.69, 9.17) is 16.9 Å². The topological polar surface area (TPSA) is 35.8 Å². The van der Waals surface area contributed by atoms with Crippen LogP contribution >= 0.6 is 22.9 Å². The molecule has 0 atom stereocenters. The van der Waals surface area contributed by atoms with Crippen LogP contribution in [0.15, 0.2) is 12.1 Å². The molecule has 1 heterocycles. The summed E-state index contributed by atoms with van der Waals surface area (Å²) < 4.78 is 0.803. The third-order valence-corrected chi connectivity index (χ3v) is 2.50. The van der Waals surface area contributed by atoms with Crippen LogP contribution in [0.4, 0.5) is 0 Å². The Hall–Kier alpha value is -0.720. The van der Waals surface area contributed by atoms with Gasteiger partial charge in [0.2, 0.25) is 0 Å². The number of hydrogen-bond acceptors (Lipinski definition) is 3. The predicted molar refractivity (Wildman–Crippen MR) is 46.6 cm³/mol. The van der Waals surface area contributed by atoms with Gasteiger partial charge in [0.15, 0.2) is 6.19 Å². The minimum atomic E-state index is 0.688. The van der Waals surface area contributed by atoms with E-state index >= 15 is 0 Å². The fourth-order valence-electron chi connectivity index (χ4n) is 0.728. The molecule has 0 unspecified atom stereocenters. The van der Waals surface area contributed by atoms with Crippen molar-refractivity contribution in [2.75, 3.05) is 6.54 Å². The summed E-state index contributed by atoms with van der Waals surface area (Å²) in [6, 6.07) is 3.85. The highest BCUT2D eigenvalue weighted by Crippen LogP contribution is 2.21. The van der Waals surface area contributed by atoms with Crippen molar-refractivity contribution in [2.24, 2.45) is 0 Å². The van der Waals surface area contributed by atoms with Crippen LogP contribution in [0, 0.1) is 11.5 Å². The second-order valence-electron chi connectivity index (χ2n) is 1.99. The number of halogens is 1. The smallest absolute Gasteiger partial charge is 0.176 e. The minimum absolute atomic E-state index is 0.688. The Balaban J connectivity index is 2.34. The first-order chi connectivity index (χ1) is 5.33. The van der Waals surface area contributed by atoms with Gasteiger partial charge in [0.1, 0.15) is 0 Å². The van der Waals surface area contributed by atoms with Gasteiger partial charge in [-0.3, -0.25) is 0 Å². The van der Waals surface area contributed by atoms with Crippen LogP contribution in [0.25, 0.3) is 0 Å². The Morgan fingerprint density at radius 1 is 1.64 bits per heavy atom. The molecule has 0 saturated heterocycles. The lowest BCUT2D eigenvalue weighted by Crippen LogP contribution is -2.08. The van der Waals surface area contributed by atoms with E-state index < -0.39 is 0 Å². The quantitative estimate of drug-likeness (QED) is 0.446. The Morgan fingerprint density at radius 3 is 3.00 bits per heavy atom. The lowest BCUT2D eigenvalue weighted by molar-refractivity contribution is 0.853. The SMILES string of the molecule is N#CNCCc1ccc(Cl)s1. The van der Waals surface area contributed by atoms with Gasteiger partial charge in [-0.2, -0.15) is 5.26 Å². The van der Waals surface area contributed by atoms with Gasteiger partial charge in [-0.1, -0.05) is 11.6 Å². The number of nitriles is 1. The fourth-order valence-corrected chi connectivity index (χ4v) is 1.81. The highest BCUT2D eigenvalue weighted by Gasteiger charge is 1.95. The highest BCUT2D eigenvalue weighted by molar-refractivity contribution is 7.16. The van der Waals surface area contributed by atoms with Gasteiger partial charge in [0.05, 0.1) is 4.34 Å². The average molecular weight is 187 g/mol. The second-order valence-corrected chi connectivity index (χ2v) is 3.79. The summed E-state index contributed by atoms with van der Waals surface area (Å²) in [5, 5.41) is 10.7. The molecule has 0 aliphatic carbocycles. The van der Waals surface area contributed by atoms with E-state index in [1.807, 2.05) is 18.3 Å². The minimum Gasteiger partial charge on any atom is -0.323 e. The summed E-state index contributed by atoms with van der Waals surface area (Å²) in [5.74, 6) is 0. The van der Waals surface area contributed by atoms with E-state index in [9.17, 15) is 0 Å². The van der Waals surface area contributed by atoms with Crippen LogP contribution in [0.5, 0.6) is 0 Å². The molecule has 0 amide bonds. The summed E-state index contributed by atoms with van der Waals surface area (Å²) in [7, 11) is 0. The maximum Gasteiger partial charge on any atom is 0.176 e. The van der Waals surface area contributed by atoms with Gasteiger partial charge in [-0.25, -0.2) is 0 Å². The van der Waals surface area contributed by atoms with Crippen molar-refractivity contribution >= 4 is 22.9 Å². The summed E-state index contributed by atoms with van der Waals surface area (Å²) in [4.78, 5) is 1.21. The lowest BCUT2D eigenvalue weighted by atomic mass is 10.3. The molecular weight excluding hydrogens is 180 g/mol. The molecule has 0 fully saturated rings. The summed E-state index contributed by atoms with van der Waals surface area (Å²) >= 11 is 7.26. The lowest BCUT2D eigenvalue weighted by Gasteiger charge is -1.92. The molecule has 58 valence electrons. The number of thiophene rings is 1. The molecule has 4 heteroatoms. The molecule has 0 radical (unpaired) electrons. The van der Waals surface area contributed by atoms with Crippen molar-refractivity contribution in [1.82, 2.24) is 5.32 Å². The molecule has 0 aliphatic rings. The highest BCUT2D eigenvalue weighted by atomic mass is 35.5. The van der Waals surface area contributed by atoms with Crippen LogP contribution in [0.2, 0.25) is 4.34 Å². The summed E-state index contributed by atoms with van der Waals surface area (Å²) in [6.07, 6.45) is 2.73. The monoisotopic (exact) mass is 186 g/mol. The fraction of sp³-hybridized carbons (Fsp3) is 0.286. The predicted octanol–water partition coefficient (Wildman–Crippen LogP) is 2.01. The molecule has 1 rings (SSSR count). The van der Waals surface area contributed by atoms with Crippen molar-refractivity contribution in [3.05, 3.63) is 21.3 Å². The van der Waals surface area contributed by atoms with Crippen molar-refractivity contribution < 1.29 is 0 Å². The molecule has 1 aromatic rings. The van der Waals surface area contributed by atoms with Crippen LogP contribution < -0.4 is 5.32 Å². The molecule has 0 spiro atoms. The van der Waals surface area contributed by atoms with Gasteiger partial charge in [0.25, 0.3) is 0 Å². The molecule has 0 aromatic carbocycles. The molecule has 2 nitrogen and oxygen atoms in total. The Labute approximate surface area is 74.4 Å². The van der Waals surface area contributed by atoms with Gasteiger partial charge in [-0.05, 0) is 18.6 Å². The number of nitrogens with zero attached hydrogens (tertiary/aromatic N) is 1. The molecule has 0 aliphatic heterocycles. The summed E-state index contributed by atoms with van der Waals surface area (Å²) in [6.45, 7) is 0.688. The van der Waals surface area contributed by atoms with Crippen molar-refractivity contribution in [3.8, 4) is 6.19 Å². The Bertz CT molecular complexity index is 264. The van der Waals surface area contributed by atoms with E-state index in [0.717, 1.165) is 10.8 Å². The van der Waals surface area contributed by atoms with Crippen LogP contribution in [-0.2, 0) is 6.42 Å². The third kappa shape index (κ3) is 2.79. The third-order valence-electron chi connectivity index (χ3n) is 1.20. The second kappa shape index (κ2) is 4.22. The molecule has 0 saturated carbocycles. The largest absolute Gasteiger partial charge is 0.323 e. The van der Waals surface area contributed by atoms with Crippen molar-refractivity contribution in [2.45, 2.75) is 6.42 Å². The zero-order chi connectivity index (χ0) is 8.10. The van der Waals surface area contributed by atoms with Gasteiger partial charge in [0, 0.05) is 11.4 Å². The van der Waals surface area contributed by atoms with Gasteiger partial charge in [-0.15, -0.1) is 11.3 Å². The number of rotatable bonds is 3. The van der Waals surface area contributed by atoms with E-state index in [0.29, 0.717) is 6.54 Å². The zero-order valence-electron chi connectivity index (χ0n) is 5.80. The van der Waals surface area contributed by atoms with Crippen LogP contribution in [-0.4, -0.2) is 6.54 Å². The standard InChI is InChI=1S/C7H7ClN2S/c8-7-2-1-6(11-7)3-4-10-5-9/h1-2,10H,3-4H2. The van der Waals surface area contributed by atoms with Gasteiger partial charge >= 0.3 is 0 Å². The average Bonchev–Trinajstić information content (AvgIpc) is 2.37. The van der Waals surface area contributed by atoms with Crippen LogP contribution in [0.1, 0.15) is 4.88 Å². The van der Waals surface area contributed by atoms with E-state index in [1.165, 1.54) is 4.88 Å². The van der Waals surface area contributed by atoms with Crippen LogP contribution in [0.3, 0.4) is 0 Å². The normalized spacial score (nSPS) is 9.09. The maximum absolute atomic E-state index is 8.17. The Morgan fingerprint density at radius 2 is 2.45 bits per heavy atom. The first-order valence-corrected chi connectivity index (χ1v) is 4.38. The summed E-state index contributed by atoms with van der Waals surface area (Å²) in [5.41, 5.74) is 0. The number of hydrogen-bond donors (Lipinski definition) is 1. The van der Waals surface area contributed by atoms with E-state index in [2.05, 4.69) is 5.32 Å². The molecule has 11 heavy (non-hydrogen) atoms. The van der Waals surface area contributed by atoms with Crippen molar-refractivity contribution in [1.29, 1.82) is 5.26 Å². The first kappa shape index (κ1) is 8.38. The molecule has 1 N–H and O–H groups in total. The van der Waals surface area contributed by atoms with E-state index in [-0.39, 0.29) is 0 Å². The van der Waals surface area contributed by atoms with Crippen molar-refractivity contribution in [3.63, 3.8) is 0 Å². The first-order valence-electron chi connectivity index (χ1n) is 3.19. The van der Waals surface area contributed by atoms with Gasteiger partial charge < -0.3 is 5.32 Å². The maximum atomic E-state index is 8.17. The number of nitrogens with one attached hydrogen (secondary N) is 1.